The van der Waals surface area contributed by atoms with E-state index in [1.807, 2.05) is 11.3 Å². The lowest BCUT2D eigenvalue weighted by molar-refractivity contribution is 0.184. The van der Waals surface area contributed by atoms with Gasteiger partial charge in [0.15, 0.2) is 5.60 Å². The van der Waals surface area contributed by atoms with Gasteiger partial charge in [0, 0.05) is 82.0 Å². The van der Waals surface area contributed by atoms with Crippen LogP contribution in [0.5, 0.6) is 5.75 Å². The number of nitrogens with zero attached hydrogens (tertiary/aromatic N) is 2. The quantitative estimate of drug-likeness (QED) is 0.161. The number of rotatable bonds is 2. The second kappa shape index (κ2) is 11.7. The van der Waals surface area contributed by atoms with Crippen LogP contribution in [0.25, 0.3) is 42.4 Å². The minimum Gasteiger partial charge on any atom is -0.478 e. The Morgan fingerprint density at radius 1 is 0.587 bits per heavy atom. The molecular weight excluding hydrogens is 785 g/mol. The number of hydrogen-bond donors (Lipinski definition) is 0. The van der Waals surface area contributed by atoms with Gasteiger partial charge >= 0.3 is 0 Å². The van der Waals surface area contributed by atoms with Crippen LogP contribution >= 0.6 is 11.3 Å². The van der Waals surface area contributed by atoms with Crippen LogP contribution in [0, 0.1) is 5.92 Å². The maximum atomic E-state index is 7.75. The van der Waals surface area contributed by atoms with Crippen LogP contribution < -0.4 is 14.5 Å². The Kier molecular flexibility index (Phi) is 6.66. The van der Waals surface area contributed by atoms with Crippen LogP contribution in [0.2, 0.25) is 0 Å². The average Bonchev–Trinajstić information content (AvgIpc) is 3.97. The van der Waals surface area contributed by atoms with Crippen LogP contribution in [0.1, 0.15) is 69.4 Å². The van der Waals surface area contributed by atoms with Gasteiger partial charge in [0.1, 0.15) is 5.75 Å². The monoisotopic (exact) mass is 830 g/mol. The number of anilines is 4. The summed E-state index contributed by atoms with van der Waals surface area (Å²) in [5.74, 6) is 0.914. The molecule has 4 heteroatoms. The largest absolute Gasteiger partial charge is 0.478 e. The van der Waals surface area contributed by atoms with Crippen molar-refractivity contribution in [2.24, 2.45) is 5.92 Å². The molecular formula is C59H46N2OS. The fourth-order valence-electron chi connectivity index (χ4n) is 13.5. The lowest BCUT2D eigenvalue weighted by Gasteiger charge is -2.56. The summed E-state index contributed by atoms with van der Waals surface area (Å²) in [7, 11) is 0. The molecule has 3 aliphatic carbocycles. The molecule has 1 aromatic heterocycles. The van der Waals surface area contributed by atoms with Crippen LogP contribution in [-0.4, -0.2) is 11.1 Å². The number of para-hydroxylation sites is 3. The van der Waals surface area contributed by atoms with Gasteiger partial charge in [-0.25, -0.2) is 0 Å². The summed E-state index contributed by atoms with van der Waals surface area (Å²) in [6, 6.07) is 59.6. The maximum absolute atomic E-state index is 7.75. The van der Waals surface area contributed by atoms with E-state index in [9.17, 15) is 0 Å². The minimum atomic E-state index is -0.843. The molecule has 4 unspecified atom stereocenters. The smallest absolute Gasteiger partial charge is 0.158 e. The van der Waals surface area contributed by atoms with Gasteiger partial charge in [-0.3, -0.25) is 0 Å². The molecule has 3 aliphatic heterocycles. The molecule has 3 nitrogen and oxygen atoms in total. The summed E-state index contributed by atoms with van der Waals surface area (Å²) in [5.41, 5.74) is 18.6. The molecule has 0 N–H and O–H groups in total. The van der Waals surface area contributed by atoms with Crippen LogP contribution in [0.4, 0.5) is 22.7 Å². The van der Waals surface area contributed by atoms with Crippen LogP contribution in [0.3, 0.4) is 0 Å². The predicted molar refractivity (Wildman–Crippen MR) is 263 cm³/mol. The fourth-order valence-corrected chi connectivity index (χ4v) is 14.6. The molecule has 0 amide bonds. The highest BCUT2D eigenvalue weighted by atomic mass is 32.1. The average molecular weight is 831 g/mol. The summed E-state index contributed by atoms with van der Waals surface area (Å²) in [6.07, 6.45) is 2.66. The zero-order chi connectivity index (χ0) is 42.4. The molecule has 63 heavy (non-hydrogen) atoms. The van der Waals surface area contributed by atoms with E-state index < -0.39 is 16.6 Å². The van der Waals surface area contributed by atoms with Gasteiger partial charge in [-0.1, -0.05) is 124 Å². The topological polar surface area (TPSA) is 15.7 Å². The second-order valence-corrected chi connectivity index (χ2v) is 20.7. The number of hydrogen-bond acceptors (Lipinski definition) is 4. The minimum absolute atomic E-state index is 0.0246. The highest BCUT2D eigenvalue weighted by Crippen LogP contribution is 2.70. The molecule has 0 fully saturated rings. The zero-order valence-corrected chi connectivity index (χ0v) is 37.2. The Morgan fingerprint density at radius 2 is 1.30 bits per heavy atom. The highest BCUT2D eigenvalue weighted by Gasteiger charge is 2.65. The van der Waals surface area contributed by atoms with E-state index in [0.29, 0.717) is 0 Å². The number of ether oxygens (including phenoxy) is 1. The standard InChI is InChI=1S/C59H46N2OS/c1-34-52-55-58(5)45(40-20-11-14-23-46(40)61(58)36-17-8-7-9-18-36)33-57(52,4)35-27-30-49-42(31-35)51-47(24-16-26-50(51)63-49)60(54(34)53-41-21-12-15-25-48(41)62-59(53,55)6)37-28-29-39-38-19-10-13-22-43(38)56(2,3)44(39)32-37/h7-34H,1-6H3. The molecule has 0 saturated heterocycles. The second-order valence-electron chi connectivity index (χ2n) is 19.6. The number of allylic oxidation sites excluding steroid dienone is 2. The van der Waals surface area contributed by atoms with Gasteiger partial charge in [-0.15, -0.1) is 11.3 Å². The third-order valence-electron chi connectivity index (χ3n) is 16.1. The van der Waals surface area contributed by atoms with Gasteiger partial charge in [0.05, 0.1) is 11.2 Å². The van der Waals surface area contributed by atoms with Gasteiger partial charge in [0.25, 0.3) is 0 Å². The van der Waals surface area contributed by atoms with E-state index in [2.05, 4.69) is 215 Å². The Labute approximate surface area is 372 Å². The Bertz CT molecular complexity index is 3490. The molecule has 304 valence electrons. The summed E-state index contributed by atoms with van der Waals surface area (Å²) < 4.78 is 10.4. The predicted octanol–water partition coefficient (Wildman–Crippen LogP) is 15.3. The van der Waals surface area contributed by atoms with Gasteiger partial charge < -0.3 is 14.5 Å². The molecule has 14 rings (SSSR count). The number of benzene rings is 7. The Balaban J connectivity index is 1.16. The third-order valence-corrected chi connectivity index (χ3v) is 17.2. The van der Waals surface area contributed by atoms with Crippen molar-refractivity contribution in [1.82, 2.24) is 0 Å². The molecule has 0 spiro atoms. The summed E-state index contributed by atoms with van der Waals surface area (Å²) in [4.78, 5) is 5.31. The van der Waals surface area contributed by atoms with Gasteiger partial charge in [-0.2, -0.15) is 0 Å². The number of fused-ring (bicyclic) bond motifs is 14. The van der Waals surface area contributed by atoms with E-state index in [-0.39, 0.29) is 11.3 Å². The maximum Gasteiger partial charge on any atom is 0.158 e. The van der Waals surface area contributed by atoms with Gasteiger partial charge in [0.2, 0.25) is 0 Å². The van der Waals surface area contributed by atoms with Crippen LogP contribution in [-0.2, 0) is 10.8 Å². The first-order valence-corrected chi connectivity index (χ1v) is 23.3. The van der Waals surface area contributed by atoms with Gasteiger partial charge in [-0.05, 0) is 120 Å². The Hall–Kier alpha value is -6.62. The molecule has 4 heterocycles. The third kappa shape index (κ3) is 4.18. The normalized spacial score (nSPS) is 25.2. The zero-order valence-electron chi connectivity index (χ0n) is 36.4. The first kappa shape index (κ1) is 35.9. The summed E-state index contributed by atoms with van der Waals surface area (Å²) in [6.45, 7) is 14.7. The lowest BCUT2D eigenvalue weighted by atomic mass is 9.53. The highest BCUT2D eigenvalue weighted by molar-refractivity contribution is 7.26. The van der Waals surface area contributed by atoms with Crippen molar-refractivity contribution in [2.45, 2.75) is 63.5 Å². The van der Waals surface area contributed by atoms with E-state index >= 15 is 0 Å². The van der Waals surface area contributed by atoms with Crippen molar-refractivity contribution in [2.75, 3.05) is 9.80 Å². The van der Waals surface area contributed by atoms with Crippen molar-refractivity contribution >= 4 is 65.4 Å². The van der Waals surface area contributed by atoms with E-state index in [1.54, 1.807) is 0 Å². The SMILES string of the molecule is CC1C2=C3c4ccccc4OC3(C)C3=C1C(C)(C=C1c4ccccc4N(c4ccccc4)C13C)c1ccc3sc4cccc(c4c3c1)N2c1ccc2c(c1)C(C)(C)c1ccccc1-2. The van der Waals surface area contributed by atoms with Crippen molar-refractivity contribution in [3.63, 3.8) is 0 Å². The Morgan fingerprint density at radius 3 is 2.14 bits per heavy atom. The summed E-state index contributed by atoms with van der Waals surface area (Å²) >= 11 is 1.91. The number of thiophene rings is 1. The summed E-state index contributed by atoms with van der Waals surface area (Å²) in [5, 5.41) is 2.63. The first-order valence-electron chi connectivity index (χ1n) is 22.5. The molecule has 0 saturated carbocycles. The van der Waals surface area contributed by atoms with Crippen molar-refractivity contribution in [1.29, 1.82) is 0 Å². The lowest BCUT2D eigenvalue weighted by Crippen LogP contribution is -2.58. The van der Waals surface area contributed by atoms with E-state index in [0.717, 1.165) is 5.75 Å². The van der Waals surface area contributed by atoms with E-state index in [4.69, 9.17) is 4.74 Å². The van der Waals surface area contributed by atoms with Crippen LogP contribution in [0.15, 0.2) is 181 Å². The molecule has 8 aromatic rings. The molecule has 4 atom stereocenters. The van der Waals surface area contributed by atoms with Crippen molar-refractivity contribution < 1.29 is 4.74 Å². The molecule has 7 aromatic carbocycles. The fraction of sp³-hybridized carbons (Fsp3) is 0.186. The molecule has 0 radical (unpaired) electrons. The van der Waals surface area contributed by atoms with E-state index in [1.165, 1.54) is 110 Å². The molecule has 6 aliphatic rings. The van der Waals surface area contributed by atoms with Crippen molar-refractivity contribution in [3.05, 3.63) is 208 Å². The first-order chi connectivity index (χ1) is 30.5. The molecule has 4 bridgehead atoms. The van der Waals surface area contributed by atoms with Crippen molar-refractivity contribution in [3.8, 4) is 16.9 Å².